The summed E-state index contributed by atoms with van der Waals surface area (Å²) in [6.07, 6.45) is 4.21. The molecule has 1 fully saturated rings. The molecular weight excluding hydrogens is 490 g/mol. The van der Waals surface area contributed by atoms with Crippen molar-refractivity contribution in [3.63, 3.8) is 0 Å². The number of barbiturate groups is 1. The van der Waals surface area contributed by atoms with Crippen molar-refractivity contribution >= 4 is 52.1 Å². The number of fused-ring (bicyclic) bond motifs is 1. The van der Waals surface area contributed by atoms with E-state index in [0.29, 0.717) is 29.4 Å². The van der Waals surface area contributed by atoms with Gasteiger partial charge in [-0.3, -0.25) is 14.9 Å². The second kappa shape index (κ2) is 10.3. The van der Waals surface area contributed by atoms with Gasteiger partial charge in [-0.2, -0.15) is 0 Å². The molecule has 0 saturated carbocycles. The number of hydrogen-bond acceptors (Lipinski definition) is 4. The topological polar surface area (TPSA) is 80.6 Å². The quantitative estimate of drug-likeness (QED) is 0.194. The van der Waals surface area contributed by atoms with Gasteiger partial charge in [0.1, 0.15) is 11.3 Å². The second-order valence-corrected chi connectivity index (χ2v) is 9.18. The maximum absolute atomic E-state index is 13.3. The summed E-state index contributed by atoms with van der Waals surface area (Å²) in [4.78, 5) is 39.3. The highest BCUT2D eigenvalue weighted by molar-refractivity contribution is 6.39. The van der Waals surface area contributed by atoms with Crippen LogP contribution in [-0.2, 0) is 16.1 Å². The first-order valence-corrected chi connectivity index (χ1v) is 12.2. The van der Waals surface area contributed by atoms with E-state index < -0.39 is 17.8 Å². The van der Waals surface area contributed by atoms with E-state index in [0.717, 1.165) is 28.0 Å². The number of aryl methyl sites for hydroxylation is 2. The van der Waals surface area contributed by atoms with Crippen LogP contribution in [0.5, 0.6) is 5.75 Å². The zero-order valence-electron chi connectivity index (χ0n) is 20.1. The number of anilines is 1. The number of rotatable bonds is 7. The largest absolute Gasteiger partial charge is 0.494 e. The van der Waals surface area contributed by atoms with Gasteiger partial charge in [0.25, 0.3) is 11.8 Å². The second-order valence-electron chi connectivity index (χ2n) is 8.74. The molecule has 0 spiro atoms. The number of imide groups is 2. The highest BCUT2D eigenvalue weighted by atomic mass is 35.5. The van der Waals surface area contributed by atoms with Gasteiger partial charge in [-0.05, 0) is 61.9 Å². The normalized spacial score (nSPS) is 14.9. The Kier molecular flexibility index (Phi) is 6.79. The van der Waals surface area contributed by atoms with E-state index in [2.05, 4.69) is 9.88 Å². The van der Waals surface area contributed by atoms with Gasteiger partial charge in [0, 0.05) is 34.2 Å². The average molecular weight is 514 g/mol. The molecule has 0 aliphatic carbocycles. The standard InChI is InChI=1S/C29H24ClN3O4/c1-19-7-13-23(14-8-19)37-16-4-15-32-18-20(24-5-2-3-6-26(24)32)17-25-27(34)31-29(36)33(28(25)35)22-11-9-21(30)10-12-22/h2-3,5-14,17-18H,4,15-16H2,1H3,(H,31,34,36)/b25-17+. The summed E-state index contributed by atoms with van der Waals surface area (Å²) in [5, 5.41) is 3.63. The molecule has 1 N–H and O–H groups in total. The Hall–Kier alpha value is -4.36. The number of nitrogens with one attached hydrogen (secondary N) is 1. The third-order valence-corrected chi connectivity index (χ3v) is 6.39. The van der Waals surface area contributed by atoms with Gasteiger partial charge < -0.3 is 9.30 Å². The molecule has 1 aliphatic rings. The van der Waals surface area contributed by atoms with Crippen molar-refractivity contribution in [2.24, 2.45) is 0 Å². The number of urea groups is 1. The summed E-state index contributed by atoms with van der Waals surface area (Å²) in [6, 6.07) is 21.2. The van der Waals surface area contributed by atoms with Crippen molar-refractivity contribution in [2.75, 3.05) is 11.5 Å². The van der Waals surface area contributed by atoms with Crippen molar-refractivity contribution in [3.05, 3.63) is 101 Å². The van der Waals surface area contributed by atoms with Crippen molar-refractivity contribution in [1.29, 1.82) is 0 Å². The lowest BCUT2D eigenvalue weighted by atomic mass is 10.1. The third kappa shape index (κ3) is 5.13. The van der Waals surface area contributed by atoms with Crippen LogP contribution in [0.4, 0.5) is 10.5 Å². The highest BCUT2D eigenvalue weighted by Gasteiger charge is 2.37. The fraction of sp³-hybridized carbons (Fsp3) is 0.138. The molecule has 1 aromatic heterocycles. The number of hydrogen-bond donors (Lipinski definition) is 1. The molecule has 8 heteroatoms. The molecule has 0 radical (unpaired) electrons. The minimum Gasteiger partial charge on any atom is -0.494 e. The Morgan fingerprint density at radius 2 is 1.68 bits per heavy atom. The predicted molar refractivity (Wildman–Crippen MR) is 144 cm³/mol. The van der Waals surface area contributed by atoms with Crippen LogP contribution in [0.2, 0.25) is 5.02 Å². The third-order valence-electron chi connectivity index (χ3n) is 6.14. The minimum absolute atomic E-state index is 0.125. The molecule has 7 nitrogen and oxygen atoms in total. The number of halogens is 1. The molecule has 0 bridgehead atoms. The first-order chi connectivity index (χ1) is 17.9. The Morgan fingerprint density at radius 1 is 0.946 bits per heavy atom. The molecule has 0 atom stereocenters. The number of benzene rings is 3. The van der Waals surface area contributed by atoms with Gasteiger partial charge in [-0.25, -0.2) is 9.69 Å². The fourth-order valence-corrected chi connectivity index (χ4v) is 4.40. The summed E-state index contributed by atoms with van der Waals surface area (Å²) in [6.45, 7) is 3.27. The molecule has 1 saturated heterocycles. The van der Waals surface area contributed by atoms with E-state index in [4.69, 9.17) is 16.3 Å². The van der Waals surface area contributed by atoms with Crippen LogP contribution >= 0.6 is 11.6 Å². The number of amides is 4. The SMILES string of the molecule is Cc1ccc(OCCCn2cc(/C=C3\C(=O)NC(=O)N(c4ccc(Cl)cc4)C3=O)c3ccccc32)cc1. The zero-order valence-corrected chi connectivity index (χ0v) is 20.9. The van der Waals surface area contributed by atoms with Crippen LogP contribution in [0.3, 0.4) is 0 Å². The molecule has 0 unspecified atom stereocenters. The molecule has 37 heavy (non-hydrogen) atoms. The number of carbonyl (C=O) groups is 3. The Bertz CT molecular complexity index is 1520. The maximum atomic E-state index is 13.3. The number of ether oxygens (including phenoxy) is 1. The minimum atomic E-state index is -0.800. The van der Waals surface area contributed by atoms with Crippen LogP contribution in [0.1, 0.15) is 17.5 Å². The number of para-hydroxylation sites is 1. The van der Waals surface area contributed by atoms with Gasteiger partial charge >= 0.3 is 6.03 Å². The Morgan fingerprint density at radius 3 is 2.43 bits per heavy atom. The van der Waals surface area contributed by atoms with E-state index in [1.807, 2.05) is 61.7 Å². The van der Waals surface area contributed by atoms with Crippen LogP contribution in [0.25, 0.3) is 17.0 Å². The van der Waals surface area contributed by atoms with E-state index >= 15 is 0 Å². The summed E-state index contributed by atoms with van der Waals surface area (Å²) in [5.74, 6) is -0.599. The highest BCUT2D eigenvalue weighted by Crippen LogP contribution is 2.27. The summed E-state index contributed by atoms with van der Waals surface area (Å²) >= 11 is 5.94. The van der Waals surface area contributed by atoms with Crippen LogP contribution < -0.4 is 15.0 Å². The molecule has 2 heterocycles. The van der Waals surface area contributed by atoms with Crippen molar-refractivity contribution in [1.82, 2.24) is 9.88 Å². The van der Waals surface area contributed by atoms with E-state index in [-0.39, 0.29) is 5.57 Å². The van der Waals surface area contributed by atoms with Crippen LogP contribution in [0.15, 0.2) is 84.6 Å². The van der Waals surface area contributed by atoms with Gasteiger partial charge in [-0.1, -0.05) is 47.5 Å². The van der Waals surface area contributed by atoms with E-state index in [9.17, 15) is 14.4 Å². The van der Waals surface area contributed by atoms with Gasteiger partial charge in [0.15, 0.2) is 0 Å². The smallest absolute Gasteiger partial charge is 0.335 e. The lowest BCUT2D eigenvalue weighted by Gasteiger charge is -2.26. The molecule has 3 aromatic carbocycles. The zero-order chi connectivity index (χ0) is 25.9. The fourth-order valence-electron chi connectivity index (χ4n) is 4.27. The number of carbonyl (C=O) groups excluding carboxylic acids is 3. The molecule has 4 aromatic rings. The number of aromatic nitrogens is 1. The predicted octanol–water partition coefficient (Wildman–Crippen LogP) is 5.74. The van der Waals surface area contributed by atoms with Crippen molar-refractivity contribution in [3.8, 4) is 5.75 Å². The summed E-state index contributed by atoms with van der Waals surface area (Å²) in [7, 11) is 0. The molecule has 186 valence electrons. The number of nitrogens with zero attached hydrogens (tertiary/aromatic N) is 2. The first-order valence-electron chi connectivity index (χ1n) is 11.8. The lowest BCUT2D eigenvalue weighted by molar-refractivity contribution is -0.122. The summed E-state index contributed by atoms with van der Waals surface area (Å²) < 4.78 is 7.93. The first kappa shape index (κ1) is 24.3. The monoisotopic (exact) mass is 513 g/mol. The van der Waals surface area contributed by atoms with E-state index in [1.54, 1.807) is 24.3 Å². The Labute approximate surface area is 218 Å². The van der Waals surface area contributed by atoms with Gasteiger partial charge in [0.2, 0.25) is 0 Å². The van der Waals surface area contributed by atoms with Crippen LogP contribution in [0, 0.1) is 6.92 Å². The summed E-state index contributed by atoms with van der Waals surface area (Å²) in [5.41, 5.74) is 3.05. The van der Waals surface area contributed by atoms with Crippen molar-refractivity contribution in [2.45, 2.75) is 19.9 Å². The molecule has 4 amide bonds. The van der Waals surface area contributed by atoms with Crippen molar-refractivity contribution < 1.29 is 19.1 Å². The van der Waals surface area contributed by atoms with Gasteiger partial charge in [0.05, 0.1) is 12.3 Å². The van der Waals surface area contributed by atoms with E-state index in [1.165, 1.54) is 11.6 Å². The van der Waals surface area contributed by atoms with Crippen LogP contribution in [-0.4, -0.2) is 29.0 Å². The van der Waals surface area contributed by atoms with Gasteiger partial charge in [-0.15, -0.1) is 0 Å². The maximum Gasteiger partial charge on any atom is 0.335 e. The molecule has 1 aliphatic heterocycles. The molecule has 5 rings (SSSR count). The Balaban J connectivity index is 1.39. The lowest BCUT2D eigenvalue weighted by Crippen LogP contribution is -2.54. The average Bonchev–Trinajstić information content (AvgIpc) is 3.24. The molecular formula is C29H24ClN3O4.